The van der Waals surface area contributed by atoms with Crippen molar-refractivity contribution in [1.82, 2.24) is 0 Å². The average molecular weight is 1810 g/mol. The summed E-state index contributed by atoms with van der Waals surface area (Å²) in [6.07, 6.45) is -65.8. The number of hydrogen-bond acceptors (Lipinski definition) is 43. The third kappa shape index (κ3) is 18.0. The fourth-order valence-electron chi connectivity index (χ4n) is 23.0. The molecule has 0 bridgehead atoms. The van der Waals surface area contributed by atoms with Crippen molar-refractivity contribution in [2.24, 2.45) is 50.2 Å². The molecule has 0 aromatic carbocycles. The number of carbonyl (C=O) groups is 1. The Morgan fingerprint density at radius 1 is 0.384 bits per heavy atom. The molecule has 43 heteroatoms. The summed E-state index contributed by atoms with van der Waals surface area (Å²) < 4.78 is 106. The molecule has 43 nitrogen and oxygen atoms in total. The van der Waals surface area contributed by atoms with Crippen molar-refractivity contribution in [2.75, 3.05) is 39.6 Å². The van der Waals surface area contributed by atoms with E-state index in [0.717, 1.165) is 18.4 Å². The summed E-state index contributed by atoms with van der Waals surface area (Å²) >= 11 is 0. The molecule has 0 aromatic rings. The smallest absolute Gasteiger partial charge is 0.315 e. The van der Waals surface area contributed by atoms with Crippen LogP contribution < -0.4 is 0 Å². The van der Waals surface area contributed by atoms with Crippen LogP contribution in [0.25, 0.3) is 0 Å². The van der Waals surface area contributed by atoms with Gasteiger partial charge in [0, 0.05) is 0 Å². The lowest BCUT2D eigenvalue weighted by Gasteiger charge is -2.71. The second-order valence-corrected chi connectivity index (χ2v) is 39.4. The Hall–Kier alpha value is -2.43. The molecule has 0 amide bonds. The van der Waals surface area contributed by atoms with Crippen LogP contribution in [0, 0.1) is 50.2 Å². The number of hydrogen-bond donors (Lipinski definition) is 24. The lowest BCUT2D eigenvalue weighted by atomic mass is 9.33. The van der Waals surface area contributed by atoms with Gasteiger partial charge in [-0.2, -0.15) is 0 Å². The van der Waals surface area contributed by atoms with Gasteiger partial charge in [0.25, 0.3) is 0 Å². The number of aliphatic hydroxyl groups is 24. The first kappa shape index (κ1) is 98.6. The van der Waals surface area contributed by atoms with Crippen LogP contribution in [-0.4, -0.2) is 438 Å². The molecule has 125 heavy (non-hydrogen) atoms. The highest BCUT2D eigenvalue weighted by Crippen LogP contribution is 2.76. The maximum absolute atomic E-state index is 15.4. The SMILES string of the molecule is C[C@@H]1O[C@@H](OC[C@H]2O[C@@H](O[C@H]3[C@H](O)[C@@H](O)[C@H](O[C@@H]4CO[C@@H](O[C@@H]5[C@@H](O)[C@H](C)O[C@@H](O[C@H]6[C@H](O[C@H]7CC[C@]8(C)[C@H]9CC=C%10[C@@H]%11CC(C)(C)CC[C@]%11(C(=O)O[C@@H]%11O[C@H](CO[C@@H]%12O[C@H](CO)[C@@H](O[C@@H]%13O[C@@H](C)[C@H](O)[C@@H](O)[C@H]%13O)[C@H](O)[C@H]%12O)[C@@H](O)[C@H](O)[C@H]%11O)CC[C@@]%10(C)[C@]9(C)CC[C@H]8C7(C)C)OC[C@H](O)[C@@H]6O)[C@@H]5O)[C@H](O)[C@@H]4O)O[C@@H]3CO)[C@H](O)[C@@H](O)[C@@H]2O)[C@H](O)[C@H](O)[C@H]1O. The summed E-state index contributed by atoms with van der Waals surface area (Å²) in [7, 11) is 0. The summed E-state index contributed by atoms with van der Waals surface area (Å²) in [5.74, 6) is -0.851. The minimum absolute atomic E-state index is 0.0268. The molecular weight excluding hydrogens is 1670 g/mol. The number of fused-ring (bicyclic) bond motifs is 7. The van der Waals surface area contributed by atoms with E-state index >= 15 is 4.79 Å². The van der Waals surface area contributed by atoms with Crippen LogP contribution in [0.5, 0.6) is 0 Å². The molecule has 0 unspecified atom stereocenters. The zero-order valence-electron chi connectivity index (χ0n) is 71.5. The average Bonchev–Trinajstić information content (AvgIpc) is 0.673. The summed E-state index contributed by atoms with van der Waals surface area (Å²) in [6.45, 7) is 15.7. The normalized spacial score (nSPS) is 54.9. The van der Waals surface area contributed by atoms with Gasteiger partial charge in [-0.1, -0.05) is 60.1 Å². The van der Waals surface area contributed by atoms with E-state index in [4.69, 9.17) is 85.3 Å². The van der Waals surface area contributed by atoms with Gasteiger partial charge in [0.1, 0.15) is 189 Å². The Morgan fingerprint density at radius 3 is 1.42 bits per heavy atom. The molecule has 0 spiro atoms. The molecule has 14 rings (SSSR count). The van der Waals surface area contributed by atoms with Crippen molar-refractivity contribution in [3.05, 3.63) is 11.6 Å². The largest absolute Gasteiger partial charge is 0.432 e. The molecule has 9 saturated heterocycles. The van der Waals surface area contributed by atoms with Crippen LogP contribution in [0.15, 0.2) is 11.6 Å². The zero-order chi connectivity index (χ0) is 91.0. The van der Waals surface area contributed by atoms with E-state index in [1.165, 1.54) is 20.8 Å². The van der Waals surface area contributed by atoms with E-state index in [9.17, 15) is 123 Å². The Kier molecular flexibility index (Phi) is 30.0. The molecule has 9 aliphatic heterocycles. The number of rotatable bonds is 22. The van der Waals surface area contributed by atoms with E-state index in [-0.39, 0.29) is 40.6 Å². The molecule has 13 fully saturated rings. The first-order valence-corrected chi connectivity index (χ1v) is 43.8. The molecule has 720 valence electrons. The van der Waals surface area contributed by atoms with Gasteiger partial charge in [-0.15, -0.1) is 0 Å². The topological polar surface area (TPSA) is 669 Å². The standard InChI is InChI=1S/C82H134O43/c1-28-42(86)49(93)56(100)67(112-28)109-25-36-46(90)51(95)58(102)72(118-36)122-64-35(23-84)116-71(61(105)54(64)98)117-38-27-111-69(55(99)48(38)92)123-65-44(88)30(3)114-74(62(65)106)124-66-45(89)33(85)24-108-75(66)120-41-14-15-79(8)39(78(41,6)7)13-16-81(10)40(79)12-11-31-32-21-77(4,5)17-19-82(32,20-18-80(31,81)9)76(107)125-73-59(103)52(96)47(91)37(119-73)26-110-68-60(104)53(97)63(34(22-83)115-68)121-70-57(101)50(94)43(87)29(2)113-70/h11,28-30,32-75,83-106H,12-27H2,1-10H3/t28-,29-,30-,32-,33-,34+,35+,36+,37+,38+,39-,40+,41-,42-,43-,44-,45-,46+,47+,48+,49+,50+,51-,52-,53+,54+,55+,56+,57+,58+,59+,60+,61+,62+,63+,64+,65+,66+,67+,68+,69-,70-,71-,72-,73-,74-,75-,79-,80+,81+,82-/m0/s1. The molecule has 0 radical (unpaired) electrons. The molecule has 5 aliphatic carbocycles. The number of aliphatic hydroxyl groups excluding tert-OH is 24. The van der Waals surface area contributed by atoms with E-state index in [2.05, 4.69) is 54.5 Å². The summed E-state index contributed by atoms with van der Waals surface area (Å²) in [5.41, 5.74) is -1.87. The highest BCUT2D eigenvalue weighted by Gasteiger charge is 2.71. The minimum Gasteiger partial charge on any atom is -0.432 e. The summed E-state index contributed by atoms with van der Waals surface area (Å²) in [6, 6.07) is 0. The van der Waals surface area contributed by atoms with Gasteiger partial charge in [0.2, 0.25) is 6.29 Å². The second-order valence-electron chi connectivity index (χ2n) is 39.4. The van der Waals surface area contributed by atoms with Crippen molar-refractivity contribution in [3.8, 4) is 0 Å². The minimum atomic E-state index is -2.09. The maximum atomic E-state index is 15.4. The van der Waals surface area contributed by atoms with Crippen molar-refractivity contribution < 1.29 is 213 Å². The number of ether oxygens (including phenoxy) is 18. The van der Waals surface area contributed by atoms with Crippen LogP contribution in [0.2, 0.25) is 0 Å². The van der Waals surface area contributed by atoms with Gasteiger partial charge in [-0.05, 0) is 130 Å². The van der Waals surface area contributed by atoms with Crippen LogP contribution in [-0.2, 0) is 90.1 Å². The molecular formula is C82H134O43. The maximum Gasteiger partial charge on any atom is 0.315 e. The molecule has 14 aliphatic rings. The summed E-state index contributed by atoms with van der Waals surface area (Å²) in [5, 5.41) is 264. The van der Waals surface area contributed by atoms with Gasteiger partial charge in [0.15, 0.2) is 50.3 Å². The Balaban J connectivity index is 0.590. The first-order valence-electron chi connectivity index (χ1n) is 43.8. The molecule has 24 N–H and O–H groups in total. The fraction of sp³-hybridized carbons (Fsp3) is 0.963. The fourth-order valence-corrected chi connectivity index (χ4v) is 23.0. The van der Waals surface area contributed by atoms with Gasteiger partial charge in [-0.3, -0.25) is 4.79 Å². The molecule has 4 saturated carbocycles. The number of carbonyl (C=O) groups excluding carboxylic acids is 1. The number of esters is 1. The van der Waals surface area contributed by atoms with Crippen LogP contribution in [0.4, 0.5) is 0 Å². The quantitative estimate of drug-likeness (QED) is 0.0272. The first-order chi connectivity index (χ1) is 58.7. The third-order valence-corrected chi connectivity index (χ3v) is 31.1. The van der Waals surface area contributed by atoms with Crippen LogP contribution in [0.1, 0.15) is 133 Å². The second kappa shape index (κ2) is 38.0. The van der Waals surface area contributed by atoms with Gasteiger partial charge in [-0.25, -0.2) is 0 Å². The third-order valence-electron chi connectivity index (χ3n) is 31.1. The van der Waals surface area contributed by atoms with E-state index in [1.807, 2.05) is 0 Å². The van der Waals surface area contributed by atoms with Crippen LogP contribution in [0.3, 0.4) is 0 Å². The van der Waals surface area contributed by atoms with Crippen molar-refractivity contribution in [3.63, 3.8) is 0 Å². The van der Waals surface area contributed by atoms with Gasteiger partial charge in [0.05, 0.1) is 69.5 Å². The lowest BCUT2D eigenvalue weighted by molar-refractivity contribution is -0.387. The van der Waals surface area contributed by atoms with Crippen molar-refractivity contribution in [2.45, 2.75) is 404 Å². The zero-order valence-corrected chi connectivity index (χ0v) is 71.5. The van der Waals surface area contributed by atoms with E-state index in [1.54, 1.807) is 0 Å². The van der Waals surface area contributed by atoms with Crippen molar-refractivity contribution >= 4 is 5.97 Å². The van der Waals surface area contributed by atoms with Crippen LogP contribution >= 0.6 is 0 Å². The predicted molar refractivity (Wildman–Crippen MR) is 410 cm³/mol. The van der Waals surface area contributed by atoms with E-state index < -0.39 is 325 Å². The van der Waals surface area contributed by atoms with E-state index in [0.29, 0.717) is 51.4 Å². The highest BCUT2D eigenvalue weighted by atomic mass is 16.8. The van der Waals surface area contributed by atoms with Gasteiger partial charge < -0.3 is 208 Å². The Morgan fingerprint density at radius 2 is 0.832 bits per heavy atom. The molecule has 9 heterocycles. The summed E-state index contributed by atoms with van der Waals surface area (Å²) in [4.78, 5) is 15.4. The Bertz CT molecular complexity index is 3610. The lowest BCUT2D eigenvalue weighted by Crippen LogP contribution is -2.67. The predicted octanol–water partition coefficient (Wildman–Crippen LogP) is -8.55. The van der Waals surface area contributed by atoms with Crippen molar-refractivity contribution in [1.29, 1.82) is 0 Å². The molecule has 51 atom stereocenters. The Labute approximate surface area is 721 Å². The molecule has 0 aromatic heterocycles. The monoisotopic (exact) mass is 1810 g/mol. The van der Waals surface area contributed by atoms with Gasteiger partial charge >= 0.3 is 5.97 Å². The highest BCUT2D eigenvalue weighted by molar-refractivity contribution is 5.79. The number of allylic oxidation sites excluding steroid dienone is 2.